The van der Waals surface area contributed by atoms with Crippen molar-refractivity contribution in [3.05, 3.63) is 0 Å². The zero-order valence-electron chi connectivity index (χ0n) is 12.5. The van der Waals surface area contributed by atoms with Crippen LogP contribution in [0.4, 0.5) is 0 Å². The highest BCUT2D eigenvalue weighted by atomic mass is 16.5. The Morgan fingerprint density at radius 3 is 2.53 bits per heavy atom. The average Bonchev–Trinajstić information content (AvgIpc) is 2.39. The smallest absolute Gasteiger partial charge is 0.0635 e. The second-order valence-electron chi connectivity index (χ2n) is 5.60. The predicted octanol–water partition coefficient (Wildman–Crippen LogP) is 2.39. The number of hydrogen-bond acceptors (Lipinski definition) is 4. The maximum atomic E-state index is 9.24. The predicted molar refractivity (Wildman–Crippen MR) is 75.3 cm³/mol. The zero-order valence-corrected chi connectivity index (χ0v) is 12.5. The molecule has 1 aliphatic heterocycles. The molecule has 1 saturated heterocycles. The molecule has 0 spiro atoms. The number of ether oxygens (including phenoxy) is 3. The lowest BCUT2D eigenvalue weighted by Gasteiger charge is -2.39. The summed E-state index contributed by atoms with van der Waals surface area (Å²) in [6, 6.07) is 0. The van der Waals surface area contributed by atoms with Crippen molar-refractivity contribution in [1.82, 2.24) is 0 Å². The van der Waals surface area contributed by atoms with Gasteiger partial charge in [0.25, 0.3) is 0 Å². The third kappa shape index (κ3) is 6.21. The van der Waals surface area contributed by atoms with Crippen molar-refractivity contribution in [1.29, 1.82) is 0 Å². The fourth-order valence-corrected chi connectivity index (χ4v) is 2.15. The molecule has 1 atom stereocenters. The van der Waals surface area contributed by atoms with Crippen molar-refractivity contribution in [2.24, 2.45) is 5.41 Å². The van der Waals surface area contributed by atoms with Crippen LogP contribution in [0.1, 0.15) is 46.0 Å². The highest BCUT2D eigenvalue weighted by molar-refractivity contribution is 4.84. The van der Waals surface area contributed by atoms with Crippen molar-refractivity contribution < 1.29 is 19.3 Å². The molecule has 1 heterocycles. The molecule has 4 nitrogen and oxygen atoms in total. The molecule has 0 bridgehead atoms. The van der Waals surface area contributed by atoms with Gasteiger partial charge in [-0.3, -0.25) is 0 Å². The Kier molecular flexibility index (Phi) is 8.62. The van der Waals surface area contributed by atoms with Gasteiger partial charge in [-0.1, -0.05) is 26.7 Å². The van der Waals surface area contributed by atoms with E-state index in [0.717, 1.165) is 19.4 Å². The summed E-state index contributed by atoms with van der Waals surface area (Å²) in [4.78, 5) is 0. The summed E-state index contributed by atoms with van der Waals surface area (Å²) >= 11 is 0. The summed E-state index contributed by atoms with van der Waals surface area (Å²) < 4.78 is 16.6. The number of rotatable bonds is 12. The van der Waals surface area contributed by atoms with Crippen LogP contribution >= 0.6 is 0 Å². The zero-order chi connectivity index (χ0) is 14.0. The van der Waals surface area contributed by atoms with Crippen LogP contribution in [0, 0.1) is 5.41 Å². The Bertz CT molecular complexity index is 211. The van der Waals surface area contributed by atoms with Crippen molar-refractivity contribution in [2.45, 2.75) is 52.1 Å². The summed E-state index contributed by atoms with van der Waals surface area (Å²) in [5, 5.41) is 9.24. The van der Waals surface area contributed by atoms with Gasteiger partial charge in [0.1, 0.15) is 0 Å². The van der Waals surface area contributed by atoms with E-state index in [-0.39, 0.29) is 12.0 Å². The molecule has 0 saturated carbocycles. The quantitative estimate of drug-likeness (QED) is 0.555. The first-order valence-corrected chi connectivity index (χ1v) is 7.64. The van der Waals surface area contributed by atoms with Crippen LogP contribution in [0.5, 0.6) is 0 Å². The first-order chi connectivity index (χ1) is 9.26. The molecule has 0 aromatic heterocycles. The van der Waals surface area contributed by atoms with E-state index in [2.05, 4.69) is 13.8 Å². The first kappa shape index (κ1) is 16.9. The van der Waals surface area contributed by atoms with E-state index in [1.165, 1.54) is 19.3 Å². The van der Waals surface area contributed by atoms with Gasteiger partial charge in [0.15, 0.2) is 0 Å². The maximum Gasteiger partial charge on any atom is 0.0635 e. The lowest BCUT2D eigenvalue weighted by molar-refractivity contribution is -0.168. The van der Waals surface area contributed by atoms with Gasteiger partial charge in [0.05, 0.1) is 37.9 Å². The molecule has 4 heteroatoms. The minimum atomic E-state index is -0.131. The Hall–Kier alpha value is -0.160. The fourth-order valence-electron chi connectivity index (χ4n) is 2.15. The van der Waals surface area contributed by atoms with Crippen molar-refractivity contribution in [2.75, 3.05) is 39.6 Å². The molecule has 0 amide bonds. The third-order valence-corrected chi connectivity index (χ3v) is 3.68. The van der Waals surface area contributed by atoms with E-state index in [9.17, 15) is 5.11 Å². The van der Waals surface area contributed by atoms with Gasteiger partial charge in [0, 0.05) is 13.2 Å². The molecular formula is C15H30O4. The Labute approximate surface area is 117 Å². The summed E-state index contributed by atoms with van der Waals surface area (Å²) in [7, 11) is 0. The molecule has 19 heavy (non-hydrogen) atoms. The summed E-state index contributed by atoms with van der Waals surface area (Å²) in [5.74, 6) is 0. The highest BCUT2D eigenvalue weighted by Crippen LogP contribution is 2.26. The van der Waals surface area contributed by atoms with Gasteiger partial charge in [-0.15, -0.1) is 0 Å². The summed E-state index contributed by atoms with van der Waals surface area (Å²) in [6.07, 6.45) is 6.06. The molecule has 0 aromatic carbocycles. The van der Waals surface area contributed by atoms with Gasteiger partial charge >= 0.3 is 0 Å². The van der Waals surface area contributed by atoms with Crippen molar-refractivity contribution in [3.63, 3.8) is 0 Å². The summed E-state index contributed by atoms with van der Waals surface area (Å²) in [6.45, 7) is 7.84. The number of hydrogen-bond donors (Lipinski definition) is 1. The van der Waals surface area contributed by atoms with E-state index in [4.69, 9.17) is 14.2 Å². The normalized spacial score (nSPS) is 19.1. The first-order valence-electron chi connectivity index (χ1n) is 7.64. The number of aliphatic hydroxyl groups is 1. The molecule has 114 valence electrons. The van der Waals surface area contributed by atoms with E-state index >= 15 is 0 Å². The SMILES string of the molecule is CCCCC(CC)OCCCOCC1(CO)COC1. The standard InChI is InChI=1S/C15H30O4/c1-3-5-7-14(4-2)19-9-6-8-17-11-15(10-16)12-18-13-15/h14,16H,3-13H2,1-2H3. The van der Waals surface area contributed by atoms with E-state index in [1.807, 2.05) is 0 Å². The van der Waals surface area contributed by atoms with Gasteiger partial charge < -0.3 is 19.3 Å². The molecular weight excluding hydrogens is 244 g/mol. The van der Waals surface area contributed by atoms with Crippen LogP contribution in [-0.4, -0.2) is 50.9 Å². The maximum absolute atomic E-state index is 9.24. The average molecular weight is 274 g/mol. The molecule has 1 N–H and O–H groups in total. The van der Waals surface area contributed by atoms with Gasteiger partial charge in [-0.25, -0.2) is 0 Å². The van der Waals surface area contributed by atoms with Gasteiger partial charge in [-0.2, -0.15) is 0 Å². The van der Waals surface area contributed by atoms with Gasteiger partial charge in [-0.05, 0) is 19.3 Å². The lowest BCUT2D eigenvalue weighted by atomic mass is 9.88. The van der Waals surface area contributed by atoms with Crippen LogP contribution in [0.2, 0.25) is 0 Å². The van der Waals surface area contributed by atoms with Crippen molar-refractivity contribution in [3.8, 4) is 0 Å². The second-order valence-corrected chi connectivity index (χ2v) is 5.60. The van der Waals surface area contributed by atoms with E-state index in [1.54, 1.807) is 0 Å². The van der Waals surface area contributed by atoms with Crippen LogP contribution in [0.25, 0.3) is 0 Å². The second kappa shape index (κ2) is 9.70. The van der Waals surface area contributed by atoms with E-state index < -0.39 is 0 Å². The molecule has 1 fully saturated rings. The highest BCUT2D eigenvalue weighted by Gasteiger charge is 2.38. The van der Waals surface area contributed by atoms with Crippen LogP contribution in [0.3, 0.4) is 0 Å². The molecule has 0 aromatic rings. The molecule has 1 unspecified atom stereocenters. The minimum absolute atomic E-state index is 0.131. The molecule has 0 radical (unpaired) electrons. The molecule has 0 aliphatic carbocycles. The Morgan fingerprint density at radius 2 is 2.00 bits per heavy atom. The fraction of sp³-hybridized carbons (Fsp3) is 1.00. The Morgan fingerprint density at radius 1 is 1.21 bits per heavy atom. The van der Waals surface area contributed by atoms with E-state index in [0.29, 0.717) is 32.5 Å². The minimum Gasteiger partial charge on any atom is -0.396 e. The van der Waals surface area contributed by atoms with Crippen molar-refractivity contribution >= 4 is 0 Å². The number of aliphatic hydroxyl groups excluding tert-OH is 1. The Balaban J connectivity index is 1.95. The lowest BCUT2D eigenvalue weighted by Crippen LogP contribution is -2.49. The summed E-state index contributed by atoms with van der Waals surface area (Å²) in [5.41, 5.74) is -0.131. The van der Waals surface area contributed by atoms with Gasteiger partial charge in [0.2, 0.25) is 0 Å². The molecule has 1 rings (SSSR count). The molecule has 1 aliphatic rings. The largest absolute Gasteiger partial charge is 0.396 e. The third-order valence-electron chi connectivity index (χ3n) is 3.68. The number of unbranched alkanes of at least 4 members (excludes halogenated alkanes) is 1. The topological polar surface area (TPSA) is 47.9 Å². The van der Waals surface area contributed by atoms with Crippen LogP contribution in [0.15, 0.2) is 0 Å². The van der Waals surface area contributed by atoms with Crippen LogP contribution < -0.4 is 0 Å². The monoisotopic (exact) mass is 274 g/mol. The van der Waals surface area contributed by atoms with Crippen LogP contribution in [-0.2, 0) is 14.2 Å².